The van der Waals surface area contributed by atoms with Gasteiger partial charge in [0.2, 0.25) is 0 Å². The molecule has 1 aromatic carbocycles. The molecule has 0 aliphatic carbocycles. The number of aromatic amines is 1. The number of halogens is 1. The molecule has 2 aliphatic rings. The second kappa shape index (κ2) is 4.91. The molecule has 0 spiro atoms. The van der Waals surface area contributed by atoms with Gasteiger partial charge in [-0.25, -0.2) is 4.79 Å². The lowest BCUT2D eigenvalue weighted by Gasteiger charge is -2.35. The second-order valence-electron chi connectivity index (χ2n) is 5.56. The van der Waals surface area contributed by atoms with Gasteiger partial charge in [-0.05, 0) is 18.2 Å². The van der Waals surface area contributed by atoms with Crippen molar-refractivity contribution >= 4 is 34.5 Å². The molecule has 2 saturated heterocycles. The smallest absolute Gasteiger partial charge is 0.410 e. The van der Waals surface area contributed by atoms with Gasteiger partial charge < -0.3 is 14.6 Å². The Balaban J connectivity index is 1.58. The van der Waals surface area contributed by atoms with E-state index in [1.165, 1.54) is 0 Å². The Kier molecular flexibility index (Phi) is 3.00. The average molecular weight is 320 g/mol. The zero-order valence-electron chi connectivity index (χ0n) is 11.7. The van der Waals surface area contributed by atoms with Crippen molar-refractivity contribution in [3.63, 3.8) is 0 Å². The normalized spacial score (nSPS) is 21.1. The van der Waals surface area contributed by atoms with Crippen molar-refractivity contribution in [3.05, 3.63) is 35.0 Å². The van der Waals surface area contributed by atoms with Gasteiger partial charge >= 0.3 is 6.09 Å². The molecule has 7 heteroatoms. The predicted molar refractivity (Wildman–Crippen MR) is 81.1 cm³/mol. The van der Waals surface area contributed by atoms with Crippen LogP contribution in [0.15, 0.2) is 24.3 Å². The zero-order chi connectivity index (χ0) is 15.3. The third-order valence-electron chi connectivity index (χ3n) is 4.24. The molecule has 1 aromatic heterocycles. The molecule has 4 rings (SSSR count). The quantitative estimate of drug-likeness (QED) is 0.875. The van der Waals surface area contributed by atoms with Gasteiger partial charge in [0.1, 0.15) is 12.3 Å². The minimum atomic E-state index is -0.283. The predicted octanol–water partition coefficient (Wildman–Crippen LogP) is 2.10. The highest BCUT2D eigenvalue weighted by Crippen LogP contribution is 2.25. The minimum Gasteiger partial charge on any atom is -0.447 e. The molecular formula is C15H14ClN3O3. The van der Waals surface area contributed by atoms with E-state index >= 15 is 0 Å². The van der Waals surface area contributed by atoms with E-state index in [0.29, 0.717) is 37.0 Å². The van der Waals surface area contributed by atoms with Gasteiger partial charge in [-0.2, -0.15) is 0 Å². The van der Waals surface area contributed by atoms with E-state index in [0.717, 1.165) is 10.9 Å². The molecule has 1 atom stereocenters. The van der Waals surface area contributed by atoms with Gasteiger partial charge in [-0.1, -0.05) is 17.7 Å². The first-order chi connectivity index (χ1) is 10.6. The molecule has 0 unspecified atom stereocenters. The lowest BCUT2D eigenvalue weighted by molar-refractivity contribution is 0.0612. The average Bonchev–Trinajstić information content (AvgIpc) is 3.11. The Morgan fingerprint density at radius 3 is 3.05 bits per heavy atom. The van der Waals surface area contributed by atoms with E-state index in [2.05, 4.69) is 4.98 Å². The molecule has 3 heterocycles. The summed E-state index contributed by atoms with van der Waals surface area (Å²) in [4.78, 5) is 30.7. The topological polar surface area (TPSA) is 65.6 Å². The molecule has 2 aliphatic heterocycles. The Bertz CT molecular complexity index is 772. The molecule has 22 heavy (non-hydrogen) atoms. The molecule has 0 saturated carbocycles. The Morgan fingerprint density at radius 1 is 1.36 bits per heavy atom. The summed E-state index contributed by atoms with van der Waals surface area (Å²) in [5.41, 5.74) is 1.36. The van der Waals surface area contributed by atoms with E-state index in [4.69, 9.17) is 16.3 Å². The number of carbonyl (C=O) groups excluding carboxylic acids is 2. The van der Waals surface area contributed by atoms with Gasteiger partial charge in [0.25, 0.3) is 5.91 Å². The molecule has 2 fully saturated rings. The van der Waals surface area contributed by atoms with E-state index in [9.17, 15) is 9.59 Å². The van der Waals surface area contributed by atoms with Crippen molar-refractivity contribution in [2.24, 2.45) is 0 Å². The molecule has 0 radical (unpaired) electrons. The summed E-state index contributed by atoms with van der Waals surface area (Å²) in [5.74, 6) is -0.0775. The van der Waals surface area contributed by atoms with Crippen LogP contribution >= 0.6 is 11.6 Å². The number of rotatable bonds is 1. The van der Waals surface area contributed by atoms with Crippen LogP contribution in [-0.2, 0) is 4.74 Å². The van der Waals surface area contributed by atoms with Gasteiger partial charge in [0.15, 0.2) is 0 Å². The summed E-state index contributed by atoms with van der Waals surface area (Å²) >= 11 is 6.14. The van der Waals surface area contributed by atoms with Crippen LogP contribution in [-0.4, -0.2) is 59.1 Å². The molecule has 114 valence electrons. The minimum absolute atomic E-state index is 0.0434. The highest BCUT2D eigenvalue weighted by Gasteiger charge is 2.39. The van der Waals surface area contributed by atoms with Crippen LogP contribution in [0, 0.1) is 0 Å². The maximum atomic E-state index is 12.7. The summed E-state index contributed by atoms with van der Waals surface area (Å²) in [7, 11) is 0. The van der Waals surface area contributed by atoms with Crippen molar-refractivity contribution in [3.8, 4) is 0 Å². The van der Waals surface area contributed by atoms with Crippen molar-refractivity contribution in [1.82, 2.24) is 14.8 Å². The third kappa shape index (κ3) is 2.02. The van der Waals surface area contributed by atoms with Crippen LogP contribution in [0.1, 0.15) is 10.5 Å². The maximum absolute atomic E-state index is 12.7. The number of nitrogens with one attached hydrogen (secondary N) is 1. The number of fused-ring (bicyclic) bond motifs is 2. The molecule has 0 bridgehead atoms. The number of aromatic nitrogens is 1. The number of hydrogen-bond donors (Lipinski definition) is 1. The van der Waals surface area contributed by atoms with Gasteiger partial charge in [-0.3, -0.25) is 9.69 Å². The fourth-order valence-electron chi connectivity index (χ4n) is 3.08. The third-order valence-corrected chi connectivity index (χ3v) is 4.57. The fourth-order valence-corrected chi connectivity index (χ4v) is 3.31. The number of hydrogen-bond acceptors (Lipinski definition) is 3. The van der Waals surface area contributed by atoms with E-state index in [-0.39, 0.29) is 18.0 Å². The molecule has 1 N–H and O–H groups in total. The van der Waals surface area contributed by atoms with Crippen molar-refractivity contribution in [2.75, 3.05) is 26.2 Å². The number of benzene rings is 1. The summed E-state index contributed by atoms with van der Waals surface area (Å²) in [6.45, 7) is 1.86. The van der Waals surface area contributed by atoms with Crippen LogP contribution in [0.25, 0.3) is 10.9 Å². The molecule has 2 amide bonds. The molecule has 6 nitrogen and oxygen atoms in total. The maximum Gasteiger partial charge on any atom is 0.410 e. The zero-order valence-corrected chi connectivity index (χ0v) is 12.5. The standard InChI is InChI=1S/C15H14ClN3O3/c16-11-2-1-3-12-10(11)6-13(17-12)14(20)18-4-5-19-9(7-18)8-22-15(19)21/h1-3,6,9,17H,4-5,7-8H2/t9-/m0/s1. The summed E-state index contributed by atoms with van der Waals surface area (Å²) in [6.07, 6.45) is -0.283. The summed E-state index contributed by atoms with van der Waals surface area (Å²) in [5, 5.41) is 1.46. The number of H-pyrrole nitrogens is 1. The van der Waals surface area contributed by atoms with Crippen LogP contribution in [0.3, 0.4) is 0 Å². The fraction of sp³-hybridized carbons (Fsp3) is 0.333. The number of nitrogens with zero attached hydrogens (tertiary/aromatic N) is 2. The summed E-state index contributed by atoms with van der Waals surface area (Å²) < 4.78 is 5.02. The largest absolute Gasteiger partial charge is 0.447 e. The number of cyclic esters (lactones) is 1. The Hall–Kier alpha value is -2.21. The lowest BCUT2D eigenvalue weighted by Crippen LogP contribution is -2.53. The lowest BCUT2D eigenvalue weighted by atomic mass is 10.2. The van der Waals surface area contributed by atoms with Crippen molar-refractivity contribution in [2.45, 2.75) is 6.04 Å². The van der Waals surface area contributed by atoms with E-state index < -0.39 is 0 Å². The number of amides is 2. The van der Waals surface area contributed by atoms with Gasteiger partial charge in [-0.15, -0.1) is 0 Å². The highest BCUT2D eigenvalue weighted by molar-refractivity contribution is 6.35. The first kappa shape index (κ1) is 13.5. The monoisotopic (exact) mass is 319 g/mol. The molecule has 2 aromatic rings. The Labute approximate surface area is 131 Å². The molecular weight excluding hydrogens is 306 g/mol. The van der Waals surface area contributed by atoms with Crippen molar-refractivity contribution in [1.29, 1.82) is 0 Å². The van der Waals surface area contributed by atoms with Crippen LogP contribution in [0.2, 0.25) is 5.02 Å². The second-order valence-corrected chi connectivity index (χ2v) is 5.97. The number of carbonyl (C=O) groups is 2. The van der Waals surface area contributed by atoms with E-state index in [1.807, 2.05) is 12.1 Å². The SMILES string of the molecule is O=C(c1cc2c(Cl)cccc2[nH]1)N1CCN2C(=O)OC[C@@H]2C1. The first-order valence-electron chi connectivity index (χ1n) is 7.13. The summed E-state index contributed by atoms with van der Waals surface area (Å²) in [6, 6.07) is 7.27. The van der Waals surface area contributed by atoms with E-state index in [1.54, 1.807) is 21.9 Å². The first-order valence-corrected chi connectivity index (χ1v) is 7.51. The van der Waals surface area contributed by atoms with Gasteiger partial charge in [0, 0.05) is 35.6 Å². The van der Waals surface area contributed by atoms with Crippen LogP contribution in [0.5, 0.6) is 0 Å². The van der Waals surface area contributed by atoms with Crippen LogP contribution < -0.4 is 0 Å². The number of ether oxygens (including phenoxy) is 1. The van der Waals surface area contributed by atoms with Gasteiger partial charge in [0.05, 0.1) is 6.04 Å². The highest BCUT2D eigenvalue weighted by atomic mass is 35.5. The Morgan fingerprint density at radius 2 is 2.23 bits per heavy atom. The van der Waals surface area contributed by atoms with Crippen molar-refractivity contribution < 1.29 is 14.3 Å². The van der Waals surface area contributed by atoms with Crippen LogP contribution in [0.4, 0.5) is 4.79 Å². The number of piperazine rings is 1.